The Hall–Kier alpha value is -0.220. The molecule has 15 heavy (non-hydrogen) atoms. The van der Waals surface area contributed by atoms with Gasteiger partial charge in [-0.05, 0) is 37.4 Å². The number of aliphatic hydroxyl groups excluding tert-OH is 1. The van der Waals surface area contributed by atoms with Crippen LogP contribution in [0.1, 0.15) is 6.42 Å². The second-order valence-corrected chi connectivity index (χ2v) is 4.87. The number of halogens is 1. The van der Waals surface area contributed by atoms with Gasteiger partial charge < -0.3 is 10.4 Å². The standard InChI is InChI=1S/C11H16ClNOS/c1-13-10(8-14)5-6-15-11-4-2-3-9(12)7-11/h2-4,7,10,13-14H,5-6,8H2,1H3. The molecule has 0 saturated heterocycles. The molecule has 0 aliphatic heterocycles. The van der Waals surface area contributed by atoms with E-state index in [-0.39, 0.29) is 12.6 Å². The van der Waals surface area contributed by atoms with Gasteiger partial charge in [0, 0.05) is 16.0 Å². The Morgan fingerprint density at radius 1 is 1.53 bits per heavy atom. The molecule has 0 saturated carbocycles. The highest BCUT2D eigenvalue weighted by atomic mass is 35.5. The molecule has 1 aromatic carbocycles. The summed E-state index contributed by atoms with van der Waals surface area (Å²) >= 11 is 7.63. The maximum absolute atomic E-state index is 8.97. The lowest BCUT2D eigenvalue weighted by Gasteiger charge is -2.12. The summed E-state index contributed by atoms with van der Waals surface area (Å²) < 4.78 is 0. The third-order valence-electron chi connectivity index (χ3n) is 2.16. The molecule has 1 rings (SSSR count). The van der Waals surface area contributed by atoms with Gasteiger partial charge in [0.2, 0.25) is 0 Å². The number of benzene rings is 1. The lowest BCUT2D eigenvalue weighted by Crippen LogP contribution is -2.29. The van der Waals surface area contributed by atoms with Crippen molar-refractivity contribution in [1.82, 2.24) is 5.32 Å². The fraction of sp³-hybridized carbons (Fsp3) is 0.455. The zero-order valence-electron chi connectivity index (χ0n) is 8.74. The van der Waals surface area contributed by atoms with Crippen molar-refractivity contribution in [2.45, 2.75) is 17.4 Å². The third kappa shape index (κ3) is 4.89. The Kier molecular flexibility index (Phi) is 6.10. The van der Waals surface area contributed by atoms with E-state index in [0.717, 1.165) is 17.2 Å². The second-order valence-electron chi connectivity index (χ2n) is 3.26. The van der Waals surface area contributed by atoms with Crippen molar-refractivity contribution in [2.75, 3.05) is 19.4 Å². The number of aliphatic hydroxyl groups is 1. The molecule has 1 atom stereocenters. The molecular weight excluding hydrogens is 230 g/mol. The van der Waals surface area contributed by atoms with Crippen molar-refractivity contribution in [1.29, 1.82) is 0 Å². The number of likely N-dealkylation sites (N-methyl/N-ethyl adjacent to an activating group) is 1. The minimum absolute atomic E-state index is 0.187. The van der Waals surface area contributed by atoms with E-state index in [1.807, 2.05) is 31.3 Å². The normalized spacial score (nSPS) is 12.7. The third-order valence-corrected chi connectivity index (χ3v) is 3.42. The Bertz CT molecular complexity index is 292. The molecule has 1 aromatic rings. The van der Waals surface area contributed by atoms with E-state index >= 15 is 0 Å². The van der Waals surface area contributed by atoms with Crippen LogP contribution in [0.3, 0.4) is 0 Å². The zero-order valence-corrected chi connectivity index (χ0v) is 10.3. The average molecular weight is 246 g/mol. The number of nitrogens with one attached hydrogen (secondary N) is 1. The summed E-state index contributed by atoms with van der Waals surface area (Å²) in [4.78, 5) is 1.18. The molecule has 1 unspecified atom stereocenters. The van der Waals surface area contributed by atoms with Gasteiger partial charge in [-0.3, -0.25) is 0 Å². The minimum Gasteiger partial charge on any atom is -0.395 e. The van der Waals surface area contributed by atoms with Crippen LogP contribution in [0.4, 0.5) is 0 Å². The first-order chi connectivity index (χ1) is 7.26. The highest BCUT2D eigenvalue weighted by Crippen LogP contribution is 2.22. The van der Waals surface area contributed by atoms with Crippen LogP contribution < -0.4 is 5.32 Å². The van der Waals surface area contributed by atoms with Crippen LogP contribution in [0.25, 0.3) is 0 Å². The number of thioether (sulfide) groups is 1. The Morgan fingerprint density at radius 3 is 2.93 bits per heavy atom. The molecule has 0 aromatic heterocycles. The summed E-state index contributed by atoms with van der Waals surface area (Å²) in [5, 5.41) is 12.8. The van der Waals surface area contributed by atoms with Crippen LogP contribution in [0, 0.1) is 0 Å². The largest absolute Gasteiger partial charge is 0.395 e. The van der Waals surface area contributed by atoms with E-state index in [1.54, 1.807) is 11.8 Å². The van der Waals surface area contributed by atoms with Gasteiger partial charge in [0.15, 0.2) is 0 Å². The fourth-order valence-electron chi connectivity index (χ4n) is 1.20. The molecule has 0 amide bonds. The van der Waals surface area contributed by atoms with Crippen LogP contribution in [0.2, 0.25) is 5.02 Å². The highest BCUT2D eigenvalue weighted by Gasteiger charge is 2.03. The van der Waals surface area contributed by atoms with Gasteiger partial charge in [-0.2, -0.15) is 0 Å². The van der Waals surface area contributed by atoms with Crippen LogP contribution in [-0.2, 0) is 0 Å². The molecule has 0 aliphatic carbocycles. The van der Waals surface area contributed by atoms with Gasteiger partial charge in [0.1, 0.15) is 0 Å². The summed E-state index contributed by atoms with van der Waals surface area (Å²) in [5.41, 5.74) is 0. The van der Waals surface area contributed by atoms with Gasteiger partial charge in [0.25, 0.3) is 0 Å². The van der Waals surface area contributed by atoms with Crippen LogP contribution in [0.15, 0.2) is 29.2 Å². The van der Waals surface area contributed by atoms with Gasteiger partial charge in [0.05, 0.1) is 6.61 Å². The fourth-order valence-corrected chi connectivity index (χ4v) is 2.48. The second kappa shape index (κ2) is 7.12. The first-order valence-electron chi connectivity index (χ1n) is 4.92. The van der Waals surface area contributed by atoms with Crippen LogP contribution >= 0.6 is 23.4 Å². The van der Waals surface area contributed by atoms with Gasteiger partial charge in [-0.25, -0.2) is 0 Å². The minimum atomic E-state index is 0.187. The molecule has 0 spiro atoms. The molecule has 2 nitrogen and oxygen atoms in total. The summed E-state index contributed by atoms with van der Waals surface area (Å²) in [6.07, 6.45) is 0.949. The van der Waals surface area contributed by atoms with Crippen molar-refractivity contribution >= 4 is 23.4 Å². The van der Waals surface area contributed by atoms with E-state index in [0.29, 0.717) is 0 Å². The summed E-state index contributed by atoms with van der Waals surface area (Å²) in [6, 6.07) is 8.02. The molecular formula is C11H16ClNOS. The Labute approximate surface area is 100 Å². The van der Waals surface area contributed by atoms with E-state index in [9.17, 15) is 0 Å². The molecule has 84 valence electrons. The summed E-state index contributed by atoms with van der Waals surface area (Å²) in [7, 11) is 1.87. The van der Waals surface area contributed by atoms with E-state index in [1.165, 1.54) is 4.90 Å². The van der Waals surface area contributed by atoms with Crippen molar-refractivity contribution in [2.24, 2.45) is 0 Å². The molecule has 0 bridgehead atoms. The Balaban J connectivity index is 2.31. The monoisotopic (exact) mass is 245 g/mol. The molecule has 2 N–H and O–H groups in total. The van der Waals surface area contributed by atoms with Crippen molar-refractivity contribution in [3.05, 3.63) is 29.3 Å². The first kappa shape index (κ1) is 12.8. The molecule has 0 fully saturated rings. The van der Waals surface area contributed by atoms with Gasteiger partial charge in [-0.1, -0.05) is 17.7 Å². The SMILES string of the molecule is CNC(CO)CCSc1cccc(Cl)c1. The number of hydrogen-bond donors (Lipinski definition) is 2. The van der Waals surface area contributed by atoms with Crippen LogP contribution in [-0.4, -0.2) is 30.6 Å². The van der Waals surface area contributed by atoms with Crippen molar-refractivity contribution in [3.8, 4) is 0 Å². The zero-order chi connectivity index (χ0) is 11.1. The van der Waals surface area contributed by atoms with E-state index < -0.39 is 0 Å². The smallest absolute Gasteiger partial charge is 0.0584 e. The number of hydrogen-bond acceptors (Lipinski definition) is 3. The highest BCUT2D eigenvalue weighted by molar-refractivity contribution is 7.99. The molecule has 0 aliphatic rings. The maximum Gasteiger partial charge on any atom is 0.0584 e. The van der Waals surface area contributed by atoms with E-state index in [2.05, 4.69) is 5.32 Å². The first-order valence-corrected chi connectivity index (χ1v) is 6.29. The molecule has 0 radical (unpaired) electrons. The van der Waals surface area contributed by atoms with Crippen molar-refractivity contribution in [3.63, 3.8) is 0 Å². The molecule has 0 heterocycles. The quantitative estimate of drug-likeness (QED) is 0.755. The predicted molar refractivity (Wildman–Crippen MR) is 66.7 cm³/mol. The lowest BCUT2D eigenvalue weighted by molar-refractivity contribution is 0.246. The van der Waals surface area contributed by atoms with Gasteiger partial charge in [-0.15, -0.1) is 11.8 Å². The lowest BCUT2D eigenvalue weighted by atomic mass is 10.2. The summed E-state index contributed by atoms with van der Waals surface area (Å²) in [5.74, 6) is 0.979. The van der Waals surface area contributed by atoms with Crippen molar-refractivity contribution < 1.29 is 5.11 Å². The summed E-state index contributed by atoms with van der Waals surface area (Å²) in [6.45, 7) is 0.187. The maximum atomic E-state index is 8.97. The Morgan fingerprint density at radius 2 is 2.33 bits per heavy atom. The predicted octanol–water partition coefficient (Wildman–Crippen LogP) is 2.40. The molecule has 4 heteroatoms. The van der Waals surface area contributed by atoms with E-state index in [4.69, 9.17) is 16.7 Å². The topological polar surface area (TPSA) is 32.3 Å². The number of rotatable bonds is 6. The average Bonchev–Trinajstić information content (AvgIpc) is 2.25. The van der Waals surface area contributed by atoms with Gasteiger partial charge >= 0.3 is 0 Å². The van der Waals surface area contributed by atoms with Crippen LogP contribution in [0.5, 0.6) is 0 Å².